The molecule has 4 N–H and O–H groups in total. The van der Waals surface area contributed by atoms with E-state index < -0.39 is 131 Å². The zero-order chi connectivity index (χ0) is 63.4. The van der Waals surface area contributed by atoms with E-state index in [0.29, 0.717) is 17.7 Å². The van der Waals surface area contributed by atoms with E-state index in [1.54, 1.807) is 52.0 Å². The predicted molar refractivity (Wildman–Crippen MR) is 309 cm³/mol. The summed E-state index contributed by atoms with van der Waals surface area (Å²) in [7, 11) is 12.5. The van der Waals surface area contributed by atoms with E-state index >= 15 is 0 Å². The van der Waals surface area contributed by atoms with Crippen LogP contribution in [-0.4, -0.2) is 224 Å². The molecule has 23 heteroatoms. The molecule has 0 aliphatic heterocycles. The largest absolute Gasteiger partial charge is 0.497 e. The Morgan fingerprint density at radius 3 is 1.56 bits per heavy atom. The minimum atomic E-state index is -1.40. The van der Waals surface area contributed by atoms with Crippen LogP contribution in [0.3, 0.4) is 0 Å². The Kier molecular flexibility index (Phi) is 30.7. The van der Waals surface area contributed by atoms with Gasteiger partial charge in [-0.25, -0.2) is 4.79 Å². The molecule has 0 aliphatic carbocycles. The number of ether oxygens (including phenoxy) is 3. The summed E-state index contributed by atoms with van der Waals surface area (Å²) in [5.41, 5.74) is 0.499. The van der Waals surface area contributed by atoms with Crippen LogP contribution in [0.2, 0.25) is 0 Å². The smallest absolute Gasteiger partial charge is 0.326 e. The number of likely N-dealkylation sites (N-methyl/N-ethyl adjacent to an activating group) is 6. The first-order valence-corrected chi connectivity index (χ1v) is 28.1. The Bertz CT molecular complexity index is 2360. The zero-order valence-corrected chi connectivity index (χ0v) is 52.6. The van der Waals surface area contributed by atoms with E-state index in [0.717, 1.165) is 19.6 Å². The van der Waals surface area contributed by atoms with Gasteiger partial charge in [-0.05, 0) is 75.0 Å². The third-order valence-electron chi connectivity index (χ3n) is 15.3. The van der Waals surface area contributed by atoms with Crippen LogP contribution in [-0.2, 0) is 63.8 Å². The summed E-state index contributed by atoms with van der Waals surface area (Å²) in [5.74, 6) is -9.96. The van der Waals surface area contributed by atoms with Crippen LogP contribution in [0.25, 0.3) is 0 Å². The lowest BCUT2D eigenvalue weighted by atomic mass is 9.77. The van der Waals surface area contributed by atoms with Gasteiger partial charge in [0.1, 0.15) is 59.8 Å². The number of carbonyl (C=O) groups is 10. The number of aliphatic hydroxyl groups excluding tert-OH is 1. The molecule has 23 nitrogen and oxygen atoms in total. The average molecular weight is 1160 g/mol. The van der Waals surface area contributed by atoms with Crippen molar-refractivity contribution >= 4 is 59.0 Å². The average Bonchev–Trinajstić information content (AvgIpc) is 3.59. The van der Waals surface area contributed by atoms with Gasteiger partial charge in [0.25, 0.3) is 11.8 Å². The van der Waals surface area contributed by atoms with Crippen molar-refractivity contribution in [2.75, 3.05) is 76.8 Å². The number of allylic oxidation sites excluding steroid dienone is 1. The summed E-state index contributed by atoms with van der Waals surface area (Å²) in [6.45, 7) is 19.7. The van der Waals surface area contributed by atoms with Crippen molar-refractivity contribution in [3.05, 3.63) is 41.6 Å². The van der Waals surface area contributed by atoms with E-state index in [1.165, 1.54) is 100 Å². The van der Waals surface area contributed by atoms with Crippen LogP contribution < -0.4 is 15.4 Å². The van der Waals surface area contributed by atoms with E-state index in [2.05, 4.69) is 10.6 Å². The maximum absolute atomic E-state index is 14.8. The fraction of sp³-hybridized carbons (Fsp3) is 0.695. The summed E-state index contributed by atoms with van der Waals surface area (Å²) in [4.78, 5) is 147. The molecule has 0 saturated heterocycles. The highest BCUT2D eigenvalue weighted by molar-refractivity contribution is 6.03. The lowest BCUT2D eigenvalue weighted by Gasteiger charge is -2.38. The molecular formula is C59H98N8O15. The third kappa shape index (κ3) is 19.9. The Hall–Kier alpha value is -6.46. The number of Topliss-reactive ketones (excluding diaryl/α,β-unsaturated/α-hetero) is 1. The van der Waals surface area contributed by atoms with E-state index in [9.17, 15) is 58.2 Å². The van der Waals surface area contributed by atoms with Crippen molar-refractivity contribution in [1.29, 1.82) is 0 Å². The lowest BCUT2D eigenvalue weighted by Crippen LogP contribution is -2.59. The number of methoxy groups -OCH3 is 3. The second-order valence-electron chi connectivity index (χ2n) is 22.7. The highest BCUT2D eigenvalue weighted by Crippen LogP contribution is 2.29. The molecule has 11 unspecified atom stereocenters. The number of nitrogens with one attached hydrogen (secondary N) is 2. The van der Waals surface area contributed by atoms with Crippen molar-refractivity contribution in [2.45, 2.75) is 157 Å². The number of ketones is 1. The molecule has 0 saturated carbocycles. The van der Waals surface area contributed by atoms with E-state index in [-0.39, 0.29) is 50.0 Å². The molecule has 0 aliphatic rings. The first kappa shape index (κ1) is 73.6. The monoisotopic (exact) mass is 1160 g/mol. The second kappa shape index (κ2) is 34.2. The maximum Gasteiger partial charge on any atom is 0.326 e. The SMILES string of the molecule is C/C=C(\C(=O)N(C)C(COC)C(=O)C(C)C(C(=O)NC(C)C(=O)N(C)C(CC(C)C)C(=O)NC(Cc1ccc(OC)cc1)C(=O)N(C)C(C)C(=O)O)C(C)CC)N(C)C(=O)C(CC(C)C)N(C)C(=O)C(COC)N(C)C(=O)C(O)C(C)C. The van der Waals surface area contributed by atoms with Crippen LogP contribution in [0.5, 0.6) is 5.75 Å². The van der Waals surface area contributed by atoms with Gasteiger partial charge in [0.15, 0.2) is 5.78 Å². The summed E-state index contributed by atoms with van der Waals surface area (Å²) >= 11 is 0. The number of amides is 8. The highest BCUT2D eigenvalue weighted by Gasteiger charge is 2.44. The number of carboxylic acid groups (broad SMARTS) is 1. The highest BCUT2D eigenvalue weighted by atomic mass is 16.5. The summed E-state index contributed by atoms with van der Waals surface area (Å²) in [5, 5.41) is 25.8. The van der Waals surface area contributed by atoms with Crippen LogP contribution in [0.15, 0.2) is 36.0 Å². The fourth-order valence-corrected chi connectivity index (χ4v) is 9.58. The number of nitrogens with zero attached hydrogens (tertiary/aromatic N) is 6. The van der Waals surface area contributed by atoms with Crippen molar-refractivity contribution in [3.63, 3.8) is 0 Å². The number of aliphatic carboxylic acids is 1. The second-order valence-corrected chi connectivity index (χ2v) is 22.7. The van der Waals surface area contributed by atoms with Crippen molar-refractivity contribution in [2.24, 2.45) is 35.5 Å². The molecule has 8 amide bonds. The van der Waals surface area contributed by atoms with E-state index in [4.69, 9.17) is 14.2 Å². The molecule has 0 radical (unpaired) electrons. The lowest BCUT2D eigenvalue weighted by molar-refractivity contribution is -0.155. The number of rotatable bonds is 34. The topological polar surface area (TPSA) is 282 Å². The van der Waals surface area contributed by atoms with Crippen LogP contribution in [0, 0.1) is 35.5 Å². The molecule has 0 aromatic heterocycles. The first-order valence-electron chi connectivity index (χ1n) is 28.1. The van der Waals surface area contributed by atoms with Gasteiger partial charge in [0.2, 0.25) is 35.4 Å². The van der Waals surface area contributed by atoms with Gasteiger partial charge in [-0.3, -0.25) is 43.2 Å². The van der Waals surface area contributed by atoms with Gasteiger partial charge in [-0.2, -0.15) is 0 Å². The molecular weight excluding hydrogens is 1060 g/mol. The molecule has 0 spiro atoms. The van der Waals surface area contributed by atoms with Crippen molar-refractivity contribution < 1.29 is 72.4 Å². The van der Waals surface area contributed by atoms with Crippen LogP contribution in [0.4, 0.5) is 0 Å². The van der Waals surface area contributed by atoms with Gasteiger partial charge in [-0.1, -0.05) is 86.9 Å². The zero-order valence-electron chi connectivity index (χ0n) is 52.6. The number of benzene rings is 1. The summed E-state index contributed by atoms with van der Waals surface area (Å²) in [6, 6.07) is -1.73. The van der Waals surface area contributed by atoms with Crippen LogP contribution in [0.1, 0.15) is 108 Å². The van der Waals surface area contributed by atoms with Gasteiger partial charge in [0.05, 0.1) is 26.2 Å². The van der Waals surface area contributed by atoms with E-state index in [1.807, 2.05) is 34.6 Å². The minimum absolute atomic E-state index is 0.0208. The normalized spacial score (nSPS) is 15.7. The number of aliphatic hydroxyl groups is 1. The molecule has 0 heterocycles. The molecule has 1 aromatic carbocycles. The quantitative estimate of drug-likeness (QED) is 0.0722. The molecule has 464 valence electrons. The fourth-order valence-electron chi connectivity index (χ4n) is 9.58. The van der Waals surface area contributed by atoms with Crippen LogP contribution >= 0.6 is 0 Å². The molecule has 1 aromatic rings. The number of carboxylic acids is 1. The van der Waals surface area contributed by atoms with Crippen molar-refractivity contribution in [1.82, 2.24) is 40.0 Å². The maximum atomic E-state index is 14.8. The number of hydrogen-bond acceptors (Lipinski definition) is 14. The van der Waals surface area contributed by atoms with Crippen molar-refractivity contribution in [3.8, 4) is 5.75 Å². The van der Waals surface area contributed by atoms with Gasteiger partial charge in [-0.15, -0.1) is 0 Å². The molecule has 1 rings (SSSR count). The van der Waals surface area contributed by atoms with Gasteiger partial charge < -0.3 is 64.5 Å². The number of carbonyl (C=O) groups excluding carboxylic acids is 9. The predicted octanol–water partition coefficient (Wildman–Crippen LogP) is 3.10. The Morgan fingerprint density at radius 2 is 1.10 bits per heavy atom. The molecule has 11 atom stereocenters. The summed E-state index contributed by atoms with van der Waals surface area (Å²) in [6.07, 6.45) is 0.706. The summed E-state index contributed by atoms with van der Waals surface area (Å²) < 4.78 is 16.1. The molecule has 82 heavy (non-hydrogen) atoms. The minimum Gasteiger partial charge on any atom is -0.497 e. The molecule has 0 bridgehead atoms. The Labute approximate surface area is 486 Å². The molecule has 0 fully saturated rings. The Morgan fingerprint density at radius 1 is 0.598 bits per heavy atom. The van der Waals surface area contributed by atoms with Gasteiger partial charge >= 0.3 is 5.97 Å². The van der Waals surface area contributed by atoms with Gasteiger partial charge in [0, 0.05) is 68.8 Å². The Balaban J connectivity index is 3.59. The number of hydrogen-bond donors (Lipinski definition) is 4. The third-order valence-corrected chi connectivity index (χ3v) is 15.3. The standard InChI is InChI=1S/C59H98N8O15/c1-22-36(9)48(52(71)60-38(11)53(72)64(15)44(28-33(3)4)51(70)61-42(54(73)62(13)39(12)59(78)79)30-40-24-26-41(82-21)27-25-40)37(10)50(69)46(31-80-19)66(17)55(74)43(23-2)63(14)56(75)45(29-34(5)6)65(16)57(76)47(32-81-20)67(18)58(77)49(68)35(7)8/h23-27,33-39,42,44-49,68H,22,28-32H2,1-21H3,(H,60,71)(H,61,70)(H,78,79)/b43-23+. The first-order chi connectivity index (χ1) is 38.1.